The Kier molecular flexibility index (Phi) is 3.44. The average Bonchev–Trinajstić information content (AvgIpc) is 2.95. The molecule has 0 amide bonds. The van der Waals surface area contributed by atoms with Crippen LogP contribution in [0.2, 0.25) is 0 Å². The first kappa shape index (κ1) is 12.5. The van der Waals surface area contributed by atoms with Gasteiger partial charge in [0, 0.05) is 10.6 Å². The van der Waals surface area contributed by atoms with Crippen molar-refractivity contribution in [3.05, 3.63) is 36.0 Å². The quantitative estimate of drug-likeness (QED) is 0.929. The Morgan fingerprint density at radius 3 is 3.16 bits per heavy atom. The van der Waals surface area contributed by atoms with Crippen molar-refractivity contribution in [1.29, 1.82) is 0 Å². The molecule has 2 unspecified atom stereocenters. The standard InChI is InChI=1S/C13H15N3O2S/c1-2-8(14)13-15-12(16-18-13)10-7-19-11-6-4-3-5-9(11)17-10/h3-6,8,10H,2,7,14H2,1H3. The highest BCUT2D eigenvalue weighted by Gasteiger charge is 2.26. The first-order chi connectivity index (χ1) is 9.28. The number of nitrogens with two attached hydrogens (primary N) is 1. The largest absolute Gasteiger partial charge is 0.480 e. The molecule has 0 bridgehead atoms. The van der Waals surface area contributed by atoms with Gasteiger partial charge in [-0.3, -0.25) is 0 Å². The second-order valence-corrected chi connectivity index (χ2v) is 5.43. The number of benzene rings is 1. The maximum atomic E-state index is 5.90. The number of thioether (sulfide) groups is 1. The second kappa shape index (κ2) is 5.22. The lowest BCUT2D eigenvalue weighted by molar-refractivity contribution is 0.205. The van der Waals surface area contributed by atoms with E-state index in [1.165, 1.54) is 0 Å². The molecule has 0 aliphatic carbocycles. The van der Waals surface area contributed by atoms with E-state index in [9.17, 15) is 0 Å². The van der Waals surface area contributed by atoms with Crippen molar-refractivity contribution in [2.45, 2.75) is 30.4 Å². The van der Waals surface area contributed by atoms with E-state index in [4.69, 9.17) is 15.0 Å². The molecule has 5 nitrogen and oxygen atoms in total. The van der Waals surface area contributed by atoms with Crippen molar-refractivity contribution in [3.8, 4) is 5.75 Å². The zero-order valence-corrected chi connectivity index (χ0v) is 11.4. The van der Waals surface area contributed by atoms with Gasteiger partial charge in [-0.15, -0.1) is 11.8 Å². The topological polar surface area (TPSA) is 74.2 Å². The summed E-state index contributed by atoms with van der Waals surface area (Å²) in [6.07, 6.45) is 0.589. The molecule has 1 aliphatic heterocycles. The van der Waals surface area contributed by atoms with Crippen molar-refractivity contribution in [2.75, 3.05) is 5.75 Å². The number of rotatable bonds is 3. The highest BCUT2D eigenvalue weighted by Crippen LogP contribution is 2.39. The highest BCUT2D eigenvalue weighted by molar-refractivity contribution is 7.99. The molecule has 0 radical (unpaired) electrons. The lowest BCUT2D eigenvalue weighted by atomic mass is 10.2. The molecule has 1 aliphatic rings. The molecule has 19 heavy (non-hydrogen) atoms. The van der Waals surface area contributed by atoms with Crippen LogP contribution >= 0.6 is 11.8 Å². The number of fused-ring (bicyclic) bond motifs is 1. The summed E-state index contributed by atoms with van der Waals surface area (Å²) in [4.78, 5) is 5.48. The lowest BCUT2D eigenvalue weighted by Crippen LogP contribution is -2.16. The maximum Gasteiger partial charge on any atom is 0.243 e. The van der Waals surface area contributed by atoms with Gasteiger partial charge in [0.25, 0.3) is 0 Å². The van der Waals surface area contributed by atoms with Gasteiger partial charge < -0.3 is 15.0 Å². The van der Waals surface area contributed by atoms with Crippen molar-refractivity contribution in [3.63, 3.8) is 0 Å². The summed E-state index contributed by atoms with van der Waals surface area (Å²) >= 11 is 1.74. The van der Waals surface area contributed by atoms with Crippen LogP contribution in [0.4, 0.5) is 0 Å². The second-order valence-electron chi connectivity index (χ2n) is 4.37. The molecule has 2 N–H and O–H groups in total. The van der Waals surface area contributed by atoms with Gasteiger partial charge in [-0.1, -0.05) is 24.2 Å². The van der Waals surface area contributed by atoms with Gasteiger partial charge in [0.1, 0.15) is 5.75 Å². The van der Waals surface area contributed by atoms with E-state index in [1.807, 2.05) is 31.2 Å². The fourth-order valence-corrected chi connectivity index (χ4v) is 2.83. The SMILES string of the molecule is CCC(N)c1nc(C2CSc3ccccc3O2)no1. The fourth-order valence-electron chi connectivity index (χ4n) is 1.85. The average molecular weight is 277 g/mol. The van der Waals surface area contributed by atoms with Crippen LogP contribution < -0.4 is 10.5 Å². The van der Waals surface area contributed by atoms with Crippen molar-refractivity contribution >= 4 is 11.8 Å². The minimum atomic E-state index is -0.204. The molecular formula is C13H15N3O2S. The first-order valence-electron chi connectivity index (χ1n) is 6.25. The summed E-state index contributed by atoms with van der Waals surface area (Å²) in [7, 11) is 0. The van der Waals surface area contributed by atoms with Crippen molar-refractivity contribution in [1.82, 2.24) is 10.1 Å². The van der Waals surface area contributed by atoms with Crippen LogP contribution in [-0.2, 0) is 0 Å². The predicted molar refractivity (Wildman–Crippen MR) is 72.1 cm³/mol. The maximum absolute atomic E-state index is 5.90. The summed E-state index contributed by atoms with van der Waals surface area (Å²) in [6, 6.07) is 7.75. The molecule has 2 aromatic rings. The van der Waals surface area contributed by atoms with E-state index in [0.717, 1.165) is 22.8 Å². The Bertz CT molecular complexity index is 573. The molecule has 2 atom stereocenters. The third-order valence-electron chi connectivity index (χ3n) is 3.01. The van der Waals surface area contributed by atoms with Crippen molar-refractivity contribution in [2.24, 2.45) is 5.73 Å². The van der Waals surface area contributed by atoms with Crippen LogP contribution in [0.3, 0.4) is 0 Å². The monoisotopic (exact) mass is 277 g/mol. The van der Waals surface area contributed by atoms with Crippen LogP contribution in [0.25, 0.3) is 0 Å². The molecule has 6 heteroatoms. The summed E-state index contributed by atoms with van der Waals surface area (Å²) in [5.74, 6) is 2.69. The van der Waals surface area contributed by atoms with E-state index in [2.05, 4.69) is 10.1 Å². The number of hydrogen-bond donors (Lipinski definition) is 1. The third kappa shape index (κ3) is 2.46. The molecule has 100 valence electrons. The van der Waals surface area contributed by atoms with Gasteiger partial charge in [0.2, 0.25) is 11.7 Å². The van der Waals surface area contributed by atoms with Gasteiger partial charge >= 0.3 is 0 Å². The molecular weight excluding hydrogens is 262 g/mol. The van der Waals surface area contributed by atoms with E-state index >= 15 is 0 Å². The Morgan fingerprint density at radius 1 is 1.47 bits per heavy atom. The molecule has 0 spiro atoms. The van der Waals surface area contributed by atoms with Crippen molar-refractivity contribution < 1.29 is 9.26 Å². The number of nitrogens with zero attached hydrogens (tertiary/aromatic N) is 2. The summed E-state index contributed by atoms with van der Waals surface area (Å²) in [5, 5.41) is 3.98. The smallest absolute Gasteiger partial charge is 0.243 e. The Labute approximate surface area is 115 Å². The summed E-state index contributed by atoms with van der Waals surface area (Å²) in [6.45, 7) is 1.98. The van der Waals surface area contributed by atoms with Crippen LogP contribution in [0.5, 0.6) is 5.75 Å². The van der Waals surface area contributed by atoms with Gasteiger partial charge in [-0.05, 0) is 18.6 Å². The normalized spacial score (nSPS) is 19.6. The highest BCUT2D eigenvalue weighted by atomic mass is 32.2. The van der Waals surface area contributed by atoms with E-state index in [1.54, 1.807) is 11.8 Å². The van der Waals surface area contributed by atoms with Gasteiger partial charge in [0.05, 0.1) is 6.04 Å². The molecule has 2 heterocycles. The molecule has 1 aromatic carbocycles. The molecule has 0 saturated carbocycles. The van der Waals surface area contributed by atoms with Gasteiger partial charge in [-0.2, -0.15) is 4.98 Å². The Hall–Kier alpha value is -1.53. The minimum Gasteiger partial charge on any atom is -0.480 e. The lowest BCUT2D eigenvalue weighted by Gasteiger charge is -2.22. The van der Waals surface area contributed by atoms with Crippen LogP contribution in [0, 0.1) is 0 Å². The van der Waals surface area contributed by atoms with Crippen LogP contribution in [-0.4, -0.2) is 15.9 Å². The Balaban J connectivity index is 1.79. The van der Waals surface area contributed by atoms with E-state index in [-0.39, 0.29) is 12.1 Å². The zero-order valence-electron chi connectivity index (χ0n) is 10.6. The molecule has 0 fully saturated rings. The molecule has 3 rings (SSSR count). The van der Waals surface area contributed by atoms with E-state index < -0.39 is 0 Å². The van der Waals surface area contributed by atoms with Gasteiger partial charge in [-0.25, -0.2) is 0 Å². The predicted octanol–water partition coefficient (Wildman–Crippen LogP) is 2.71. The number of ether oxygens (including phenoxy) is 1. The van der Waals surface area contributed by atoms with Crippen LogP contribution in [0.1, 0.15) is 37.2 Å². The van der Waals surface area contributed by atoms with Crippen LogP contribution in [0.15, 0.2) is 33.7 Å². The fraction of sp³-hybridized carbons (Fsp3) is 0.385. The first-order valence-corrected chi connectivity index (χ1v) is 7.24. The molecule has 0 saturated heterocycles. The Morgan fingerprint density at radius 2 is 2.32 bits per heavy atom. The summed E-state index contributed by atoms with van der Waals surface area (Å²) < 4.78 is 11.1. The van der Waals surface area contributed by atoms with E-state index in [0.29, 0.717) is 11.7 Å². The minimum absolute atomic E-state index is 0.179. The number of hydrogen-bond acceptors (Lipinski definition) is 6. The number of para-hydroxylation sites is 1. The summed E-state index contributed by atoms with van der Waals surface area (Å²) in [5.41, 5.74) is 5.87. The number of aromatic nitrogens is 2. The third-order valence-corrected chi connectivity index (χ3v) is 4.13. The molecule has 1 aromatic heterocycles. The van der Waals surface area contributed by atoms with Gasteiger partial charge in [0.15, 0.2) is 6.10 Å². The zero-order chi connectivity index (χ0) is 13.2.